The molecule has 0 saturated carbocycles. The summed E-state index contributed by atoms with van der Waals surface area (Å²) in [7, 11) is 4.55. The third kappa shape index (κ3) is 4.05. The van der Waals surface area contributed by atoms with Crippen LogP contribution in [0.15, 0.2) is 60.2 Å². The molecule has 1 fully saturated rings. The zero-order chi connectivity index (χ0) is 27.1. The third-order valence-corrected chi connectivity index (χ3v) is 7.60. The van der Waals surface area contributed by atoms with Crippen LogP contribution in [0.3, 0.4) is 0 Å². The van der Waals surface area contributed by atoms with Gasteiger partial charge >= 0.3 is 5.91 Å². The molecule has 0 aliphatic carbocycles. The van der Waals surface area contributed by atoms with Crippen molar-refractivity contribution in [3.05, 3.63) is 82.4 Å². The van der Waals surface area contributed by atoms with E-state index in [0.717, 1.165) is 15.8 Å². The summed E-state index contributed by atoms with van der Waals surface area (Å²) in [6.45, 7) is 3.81. The molecule has 8 nitrogen and oxygen atoms in total. The lowest BCUT2D eigenvalue weighted by atomic mass is 9.94. The molecule has 3 aromatic carbocycles. The number of hydrogen-bond acceptors (Lipinski definition) is 8. The molecule has 1 aliphatic heterocycles. The van der Waals surface area contributed by atoms with Gasteiger partial charge in [-0.2, -0.15) is 0 Å². The highest BCUT2D eigenvalue weighted by Crippen LogP contribution is 2.48. The molecule has 0 unspecified atom stereocenters. The fourth-order valence-corrected chi connectivity index (χ4v) is 5.85. The van der Waals surface area contributed by atoms with Crippen LogP contribution in [0.1, 0.15) is 28.3 Å². The largest absolute Gasteiger partial charge is 0.507 e. The zero-order valence-corrected chi connectivity index (χ0v) is 22.4. The van der Waals surface area contributed by atoms with Crippen molar-refractivity contribution in [2.24, 2.45) is 0 Å². The number of nitrogens with zero attached hydrogens (tertiary/aromatic N) is 2. The molecule has 0 bridgehead atoms. The van der Waals surface area contributed by atoms with Gasteiger partial charge < -0.3 is 19.3 Å². The lowest BCUT2D eigenvalue weighted by molar-refractivity contribution is -0.132. The van der Waals surface area contributed by atoms with E-state index < -0.39 is 17.7 Å². The molecular weight excluding hydrogens is 504 g/mol. The SMILES string of the molecule is COc1ccc(C(O)=C2C(=O)C(=O)N(c3nc4ccc(C)cc4s3)[C@@H]2c2cccc(OC)c2OC)cc1C. The van der Waals surface area contributed by atoms with Gasteiger partial charge in [0.15, 0.2) is 16.6 Å². The molecule has 0 radical (unpaired) electrons. The van der Waals surface area contributed by atoms with E-state index in [4.69, 9.17) is 14.2 Å². The Balaban J connectivity index is 1.78. The first-order chi connectivity index (χ1) is 18.3. The number of aromatic nitrogens is 1. The molecule has 5 rings (SSSR count). The minimum absolute atomic E-state index is 0.0680. The van der Waals surface area contributed by atoms with E-state index in [0.29, 0.717) is 39.0 Å². The second kappa shape index (κ2) is 9.83. The van der Waals surface area contributed by atoms with E-state index in [-0.39, 0.29) is 11.3 Å². The number of aliphatic hydroxyl groups is 1. The van der Waals surface area contributed by atoms with Gasteiger partial charge in [0.05, 0.1) is 37.1 Å². The van der Waals surface area contributed by atoms with Crippen LogP contribution in [-0.2, 0) is 9.59 Å². The number of carbonyl (C=O) groups excluding carboxylic acids is 2. The van der Waals surface area contributed by atoms with E-state index in [1.54, 1.807) is 43.5 Å². The molecule has 1 aromatic heterocycles. The number of carbonyl (C=O) groups is 2. The van der Waals surface area contributed by atoms with Crippen LogP contribution in [0.4, 0.5) is 5.13 Å². The summed E-state index contributed by atoms with van der Waals surface area (Å²) in [5.74, 6) is -0.499. The first kappa shape index (κ1) is 25.3. The second-order valence-corrected chi connectivity index (χ2v) is 9.91. The molecule has 194 valence electrons. The van der Waals surface area contributed by atoms with Crippen molar-refractivity contribution < 1.29 is 28.9 Å². The number of benzene rings is 3. The Bertz CT molecular complexity index is 1620. The third-order valence-electron chi connectivity index (χ3n) is 6.58. The van der Waals surface area contributed by atoms with Crippen molar-refractivity contribution in [3.63, 3.8) is 0 Å². The van der Waals surface area contributed by atoms with Crippen molar-refractivity contribution >= 4 is 44.1 Å². The first-order valence-corrected chi connectivity index (χ1v) is 12.6. The smallest absolute Gasteiger partial charge is 0.301 e. The molecule has 9 heteroatoms. The Kier molecular flexibility index (Phi) is 6.54. The summed E-state index contributed by atoms with van der Waals surface area (Å²) < 4.78 is 17.4. The normalized spacial score (nSPS) is 16.8. The standard InChI is InChI=1S/C29H26N2O6S/c1-15-9-11-19-22(13-15)38-29(30-19)31-24(18-7-6-8-21(36-4)27(18)37-5)23(26(33)28(31)34)25(32)17-10-12-20(35-3)16(2)14-17/h6-14,24,32H,1-5H3/t24-/m1/s1. The van der Waals surface area contributed by atoms with E-state index in [2.05, 4.69) is 4.98 Å². The highest BCUT2D eigenvalue weighted by Gasteiger charge is 2.49. The number of thiazole rings is 1. The average molecular weight is 531 g/mol. The van der Waals surface area contributed by atoms with Gasteiger partial charge in [-0.15, -0.1) is 0 Å². The molecule has 38 heavy (non-hydrogen) atoms. The van der Waals surface area contributed by atoms with Crippen molar-refractivity contribution in [1.29, 1.82) is 0 Å². The number of para-hydroxylation sites is 1. The zero-order valence-electron chi connectivity index (χ0n) is 21.6. The van der Waals surface area contributed by atoms with Crippen molar-refractivity contribution in [1.82, 2.24) is 4.98 Å². The summed E-state index contributed by atoms with van der Waals surface area (Å²) in [5.41, 5.74) is 3.32. The van der Waals surface area contributed by atoms with Crippen molar-refractivity contribution in [2.75, 3.05) is 26.2 Å². The van der Waals surface area contributed by atoms with Gasteiger partial charge in [0.1, 0.15) is 17.6 Å². The Morgan fingerprint density at radius 2 is 1.71 bits per heavy atom. The van der Waals surface area contributed by atoms with Gasteiger partial charge in [-0.3, -0.25) is 14.5 Å². The minimum Gasteiger partial charge on any atom is -0.507 e. The molecule has 1 aliphatic rings. The fraction of sp³-hybridized carbons (Fsp3) is 0.207. The number of methoxy groups -OCH3 is 3. The van der Waals surface area contributed by atoms with Crippen LogP contribution in [0.5, 0.6) is 17.2 Å². The highest BCUT2D eigenvalue weighted by molar-refractivity contribution is 7.22. The maximum Gasteiger partial charge on any atom is 0.301 e. The summed E-state index contributed by atoms with van der Waals surface area (Å²) >= 11 is 1.30. The number of fused-ring (bicyclic) bond motifs is 1. The highest BCUT2D eigenvalue weighted by atomic mass is 32.1. The van der Waals surface area contributed by atoms with E-state index >= 15 is 0 Å². The topological polar surface area (TPSA) is 98.2 Å². The van der Waals surface area contributed by atoms with Crippen LogP contribution in [-0.4, -0.2) is 43.1 Å². The monoisotopic (exact) mass is 530 g/mol. The Hall–Kier alpha value is -4.37. The quantitative estimate of drug-likeness (QED) is 0.198. The van der Waals surface area contributed by atoms with Crippen LogP contribution in [0, 0.1) is 13.8 Å². The van der Waals surface area contributed by atoms with Gasteiger partial charge in [0.25, 0.3) is 5.78 Å². The first-order valence-electron chi connectivity index (χ1n) is 11.8. The molecule has 0 spiro atoms. The van der Waals surface area contributed by atoms with E-state index in [9.17, 15) is 14.7 Å². The molecule has 2 heterocycles. The van der Waals surface area contributed by atoms with E-state index in [1.165, 1.54) is 30.5 Å². The number of aryl methyl sites for hydroxylation is 2. The number of rotatable bonds is 6. The molecule has 1 N–H and O–H groups in total. The van der Waals surface area contributed by atoms with Crippen LogP contribution < -0.4 is 19.1 Å². The molecular formula is C29H26N2O6S. The van der Waals surface area contributed by atoms with Gasteiger partial charge in [0.2, 0.25) is 0 Å². The van der Waals surface area contributed by atoms with Gasteiger partial charge in [-0.1, -0.05) is 29.5 Å². The summed E-state index contributed by atoms with van der Waals surface area (Å²) in [4.78, 5) is 33.2. The Labute approximate surface area is 223 Å². The molecule has 1 amide bonds. The number of hydrogen-bond donors (Lipinski definition) is 1. The van der Waals surface area contributed by atoms with Crippen molar-refractivity contribution in [2.45, 2.75) is 19.9 Å². The van der Waals surface area contributed by atoms with Crippen LogP contribution in [0.25, 0.3) is 16.0 Å². The maximum atomic E-state index is 13.6. The van der Waals surface area contributed by atoms with E-state index in [1.807, 2.05) is 32.0 Å². The van der Waals surface area contributed by atoms with Crippen molar-refractivity contribution in [3.8, 4) is 17.2 Å². The van der Waals surface area contributed by atoms with Crippen LogP contribution >= 0.6 is 11.3 Å². The number of amides is 1. The van der Waals surface area contributed by atoms with Gasteiger partial charge in [-0.25, -0.2) is 4.98 Å². The predicted octanol–water partition coefficient (Wildman–Crippen LogP) is 5.57. The van der Waals surface area contributed by atoms with Crippen LogP contribution in [0.2, 0.25) is 0 Å². The molecule has 1 atom stereocenters. The summed E-state index contributed by atoms with van der Waals surface area (Å²) in [6, 6.07) is 15.1. The Morgan fingerprint density at radius 1 is 0.947 bits per heavy atom. The average Bonchev–Trinajstić information content (AvgIpc) is 3.44. The number of Topliss-reactive ketones (excluding diaryl/α,β-unsaturated/α-hetero) is 1. The van der Waals surface area contributed by atoms with Gasteiger partial charge in [-0.05, 0) is 61.4 Å². The molecule has 1 saturated heterocycles. The maximum absolute atomic E-state index is 13.6. The summed E-state index contributed by atoms with van der Waals surface area (Å²) in [5, 5.41) is 11.8. The lowest BCUT2D eigenvalue weighted by Gasteiger charge is -2.25. The summed E-state index contributed by atoms with van der Waals surface area (Å²) in [6.07, 6.45) is 0. The molecule has 4 aromatic rings. The fourth-order valence-electron chi connectivity index (χ4n) is 4.76. The number of anilines is 1. The number of ether oxygens (including phenoxy) is 3. The lowest BCUT2D eigenvalue weighted by Crippen LogP contribution is -2.29. The number of ketones is 1. The number of aliphatic hydroxyl groups excluding tert-OH is 1. The minimum atomic E-state index is -1.01. The van der Waals surface area contributed by atoms with Gasteiger partial charge in [0, 0.05) is 11.1 Å². The predicted molar refractivity (Wildman–Crippen MR) is 146 cm³/mol. The Morgan fingerprint density at radius 3 is 2.39 bits per heavy atom. The second-order valence-electron chi connectivity index (χ2n) is 8.90.